The number of nitrogens with zero attached hydrogens (tertiary/aromatic N) is 3. The maximum absolute atomic E-state index is 8.52. The zero-order valence-electron chi connectivity index (χ0n) is 8.98. The second-order valence-electron chi connectivity index (χ2n) is 3.20. The smallest absolute Gasteiger partial charge is 0.261 e. The molecule has 0 saturated carbocycles. The summed E-state index contributed by atoms with van der Waals surface area (Å²) in [7, 11) is 1.53. The van der Waals surface area contributed by atoms with Gasteiger partial charge < -0.3 is 9.26 Å². The van der Waals surface area contributed by atoms with Crippen LogP contribution in [0.3, 0.4) is 0 Å². The van der Waals surface area contributed by atoms with E-state index >= 15 is 0 Å². The van der Waals surface area contributed by atoms with Gasteiger partial charge in [0.25, 0.3) is 5.89 Å². The second kappa shape index (κ2) is 4.85. The van der Waals surface area contributed by atoms with Gasteiger partial charge in [-0.2, -0.15) is 10.2 Å². The van der Waals surface area contributed by atoms with Crippen LogP contribution in [0.2, 0.25) is 5.02 Å². The predicted molar refractivity (Wildman–Crippen MR) is 60.6 cm³/mol. The van der Waals surface area contributed by atoms with Crippen molar-refractivity contribution < 1.29 is 9.26 Å². The second-order valence-corrected chi connectivity index (χ2v) is 3.63. The molecule has 0 unspecified atom stereocenters. The highest BCUT2D eigenvalue weighted by Crippen LogP contribution is 2.31. The van der Waals surface area contributed by atoms with E-state index in [4.69, 9.17) is 26.1 Å². The summed E-state index contributed by atoms with van der Waals surface area (Å²) in [6.07, 6.45) is 0.111. The van der Waals surface area contributed by atoms with Crippen LogP contribution in [-0.4, -0.2) is 17.3 Å². The minimum absolute atomic E-state index is 0.111. The molecule has 1 aromatic heterocycles. The lowest BCUT2D eigenvalue weighted by molar-refractivity contribution is 0.403. The number of aromatic nitrogens is 2. The molecule has 2 rings (SSSR count). The number of hydrogen-bond donors (Lipinski definition) is 0. The van der Waals surface area contributed by atoms with Gasteiger partial charge >= 0.3 is 0 Å². The Bertz CT molecular complexity index is 574. The van der Waals surface area contributed by atoms with Gasteiger partial charge in [0.15, 0.2) is 5.82 Å². The third kappa shape index (κ3) is 2.37. The van der Waals surface area contributed by atoms with E-state index in [-0.39, 0.29) is 6.42 Å². The van der Waals surface area contributed by atoms with E-state index < -0.39 is 0 Å². The topological polar surface area (TPSA) is 71.9 Å². The van der Waals surface area contributed by atoms with Crippen LogP contribution < -0.4 is 4.74 Å². The largest absolute Gasteiger partial charge is 0.496 e. The summed E-state index contributed by atoms with van der Waals surface area (Å²) in [5.41, 5.74) is 0.647. The first-order valence-corrected chi connectivity index (χ1v) is 5.16. The highest BCUT2D eigenvalue weighted by Gasteiger charge is 2.13. The lowest BCUT2D eigenvalue weighted by Crippen LogP contribution is -1.89. The monoisotopic (exact) mass is 249 g/mol. The molecular weight excluding hydrogens is 242 g/mol. The Kier molecular flexibility index (Phi) is 3.26. The van der Waals surface area contributed by atoms with Crippen LogP contribution in [0.5, 0.6) is 5.75 Å². The molecule has 1 heterocycles. The van der Waals surface area contributed by atoms with Gasteiger partial charge in [-0.05, 0) is 18.2 Å². The Labute approximate surface area is 103 Å². The molecule has 2 aromatic rings. The Morgan fingerprint density at radius 3 is 3.06 bits per heavy atom. The van der Waals surface area contributed by atoms with E-state index in [0.29, 0.717) is 28.1 Å². The molecule has 0 amide bonds. The van der Waals surface area contributed by atoms with E-state index in [1.54, 1.807) is 18.2 Å². The molecule has 0 bridgehead atoms. The molecule has 0 saturated heterocycles. The molecule has 0 aliphatic carbocycles. The summed E-state index contributed by atoms with van der Waals surface area (Å²) >= 11 is 5.85. The van der Waals surface area contributed by atoms with Crippen molar-refractivity contribution in [3.63, 3.8) is 0 Å². The van der Waals surface area contributed by atoms with E-state index in [1.165, 1.54) is 7.11 Å². The average Bonchev–Trinajstić information content (AvgIpc) is 2.78. The van der Waals surface area contributed by atoms with Crippen molar-refractivity contribution in [2.24, 2.45) is 0 Å². The summed E-state index contributed by atoms with van der Waals surface area (Å²) in [4.78, 5) is 4.09. The van der Waals surface area contributed by atoms with Gasteiger partial charge in [-0.3, -0.25) is 0 Å². The first kappa shape index (κ1) is 11.4. The van der Waals surface area contributed by atoms with Crippen molar-refractivity contribution >= 4 is 11.6 Å². The molecule has 0 aliphatic heterocycles. The molecule has 0 atom stereocenters. The first-order valence-electron chi connectivity index (χ1n) is 4.78. The lowest BCUT2D eigenvalue weighted by atomic mass is 10.2. The maximum Gasteiger partial charge on any atom is 0.261 e. The zero-order chi connectivity index (χ0) is 12.3. The van der Waals surface area contributed by atoms with Crippen LogP contribution in [0.1, 0.15) is 5.82 Å². The van der Waals surface area contributed by atoms with Crippen LogP contribution in [0.15, 0.2) is 22.7 Å². The van der Waals surface area contributed by atoms with Gasteiger partial charge in [-0.1, -0.05) is 16.8 Å². The van der Waals surface area contributed by atoms with Gasteiger partial charge in [0.1, 0.15) is 5.75 Å². The van der Waals surface area contributed by atoms with Crippen molar-refractivity contribution in [3.8, 4) is 23.3 Å². The normalized spacial score (nSPS) is 9.94. The highest BCUT2D eigenvalue weighted by atomic mass is 35.5. The highest BCUT2D eigenvalue weighted by molar-refractivity contribution is 6.30. The summed E-state index contributed by atoms with van der Waals surface area (Å²) in [6, 6.07) is 7.04. The predicted octanol–water partition coefficient (Wildman–Crippen LogP) is 2.46. The summed E-state index contributed by atoms with van der Waals surface area (Å²) < 4.78 is 10.2. The van der Waals surface area contributed by atoms with E-state index in [0.717, 1.165) is 0 Å². The molecule has 0 aliphatic rings. The van der Waals surface area contributed by atoms with Crippen molar-refractivity contribution in [2.75, 3.05) is 7.11 Å². The average molecular weight is 250 g/mol. The number of hydrogen-bond acceptors (Lipinski definition) is 5. The Hall–Kier alpha value is -2.06. The van der Waals surface area contributed by atoms with Crippen LogP contribution in [-0.2, 0) is 6.42 Å². The lowest BCUT2D eigenvalue weighted by Gasteiger charge is -2.04. The number of rotatable bonds is 3. The molecule has 0 fully saturated rings. The fraction of sp³-hybridized carbons (Fsp3) is 0.182. The standard InChI is InChI=1S/C11H8ClN3O2/c1-16-9-6-7(12)2-3-8(9)11-14-10(4-5-13)15-17-11/h2-3,6H,4H2,1H3. The molecule has 86 valence electrons. The molecule has 1 aromatic carbocycles. The van der Waals surface area contributed by atoms with Crippen LogP contribution in [0.25, 0.3) is 11.5 Å². The Morgan fingerprint density at radius 1 is 1.53 bits per heavy atom. The SMILES string of the molecule is COc1cc(Cl)ccc1-c1nc(CC#N)no1. The van der Waals surface area contributed by atoms with Gasteiger partial charge in [0.2, 0.25) is 0 Å². The number of benzene rings is 1. The fourth-order valence-corrected chi connectivity index (χ4v) is 1.51. The molecule has 5 nitrogen and oxygen atoms in total. The molecule has 0 N–H and O–H groups in total. The molecule has 6 heteroatoms. The number of ether oxygens (including phenoxy) is 1. The van der Waals surface area contributed by atoms with Crippen LogP contribution >= 0.6 is 11.6 Å². The number of halogens is 1. The van der Waals surface area contributed by atoms with Crippen molar-refractivity contribution in [1.82, 2.24) is 10.1 Å². The van der Waals surface area contributed by atoms with Gasteiger partial charge in [-0.25, -0.2) is 0 Å². The zero-order valence-corrected chi connectivity index (χ0v) is 9.73. The molecular formula is C11H8ClN3O2. The van der Waals surface area contributed by atoms with Crippen molar-refractivity contribution in [2.45, 2.75) is 6.42 Å². The fourth-order valence-electron chi connectivity index (χ4n) is 1.35. The summed E-state index contributed by atoms with van der Waals surface area (Å²) in [5.74, 6) is 1.20. The number of methoxy groups -OCH3 is 1. The van der Waals surface area contributed by atoms with Gasteiger partial charge in [0, 0.05) is 5.02 Å². The number of nitriles is 1. The van der Waals surface area contributed by atoms with Crippen molar-refractivity contribution in [3.05, 3.63) is 29.0 Å². The third-order valence-corrected chi connectivity index (χ3v) is 2.33. The van der Waals surface area contributed by atoms with E-state index in [1.807, 2.05) is 6.07 Å². The minimum atomic E-state index is 0.111. The van der Waals surface area contributed by atoms with Gasteiger partial charge in [0.05, 0.1) is 25.2 Å². The first-order chi connectivity index (χ1) is 8.24. The van der Waals surface area contributed by atoms with Crippen LogP contribution in [0.4, 0.5) is 0 Å². The Balaban J connectivity index is 2.42. The Morgan fingerprint density at radius 2 is 2.35 bits per heavy atom. The minimum Gasteiger partial charge on any atom is -0.496 e. The maximum atomic E-state index is 8.52. The summed E-state index contributed by atoms with van der Waals surface area (Å²) in [5, 5.41) is 12.8. The van der Waals surface area contributed by atoms with Crippen LogP contribution in [0, 0.1) is 11.3 Å². The quantitative estimate of drug-likeness (QED) is 0.836. The summed E-state index contributed by atoms with van der Waals surface area (Å²) in [6.45, 7) is 0. The third-order valence-electron chi connectivity index (χ3n) is 2.10. The van der Waals surface area contributed by atoms with E-state index in [9.17, 15) is 0 Å². The molecule has 17 heavy (non-hydrogen) atoms. The van der Waals surface area contributed by atoms with E-state index in [2.05, 4.69) is 10.1 Å². The van der Waals surface area contributed by atoms with Gasteiger partial charge in [-0.15, -0.1) is 0 Å². The van der Waals surface area contributed by atoms with Crippen molar-refractivity contribution in [1.29, 1.82) is 5.26 Å². The molecule has 0 radical (unpaired) electrons. The molecule has 0 spiro atoms.